The number of aryl methyl sites for hydroxylation is 1. The second-order valence-corrected chi connectivity index (χ2v) is 5.49. The fourth-order valence-electron chi connectivity index (χ4n) is 1.95. The SMILES string of the molecule is Cc1sc(-c2cccc(C(=O)O)c2)nc1-c1ccco1. The van der Waals surface area contributed by atoms with Gasteiger partial charge in [-0.05, 0) is 31.2 Å². The highest BCUT2D eigenvalue weighted by Crippen LogP contribution is 2.33. The molecule has 1 aromatic carbocycles. The van der Waals surface area contributed by atoms with Gasteiger partial charge >= 0.3 is 5.97 Å². The Kier molecular flexibility index (Phi) is 3.12. The first kappa shape index (κ1) is 12.6. The van der Waals surface area contributed by atoms with Gasteiger partial charge in [0.15, 0.2) is 5.76 Å². The molecule has 0 saturated carbocycles. The van der Waals surface area contributed by atoms with Gasteiger partial charge in [0.1, 0.15) is 10.7 Å². The Labute approximate surface area is 119 Å². The van der Waals surface area contributed by atoms with E-state index < -0.39 is 5.97 Å². The van der Waals surface area contributed by atoms with E-state index in [4.69, 9.17) is 9.52 Å². The highest BCUT2D eigenvalue weighted by Gasteiger charge is 2.14. The Morgan fingerprint density at radius 1 is 1.30 bits per heavy atom. The first-order valence-electron chi connectivity index (χ1n) is 6.00. The number of furan rings is 1. The molecule has 1 N–H and O–H groups in total. The summed E-state index contributed by atoms with van der Waals surface area (Å²) in [6.07, 6.45) is 1.61. The quantitative estimate of drug-likeness (QED) is 0.787. The summed E-state index contributed by atoms with van der Waals surface area (Å²) in [6.45, 7) is 1.97. The molecule has 0 aliphatic carbocycles. The number of hydrogen-bond acceptors (Lipinski definition) is 4. The second-order valence-electron chi connectivity index (χ2n) is 4.29. The topological polar surface area (TPSA) is 63.3 Å². The van der Waals surface area contributed by atoms with Gasteiger partial charge in [-0.15, -0.1) is 11.3 Å². The van der Waals surface area contributed by atoms with Gasteiger partial charge in [0.05, 0.1) is 11.8 Å². The van der Waals surface area contributed by atoms with Gasteiger partial charge in [0.25, 0.3) is 0 Å². The van der Waals surface area contributed by atoms with Crippen LogP contribution in [0.1, 0.15) is 15.2 Å². The van der Waals surface area contributed by atoms with Gasteiger partial charge in [-0.3, -0.25) is 0 Å². The van der Waals surface area contributed by atoms with Gasteiger partial charge in [-0.25, -0.2) is 9.78 Å². The molecule has 2 aromatic heterocycles. The van der Waals surface area contributed by atoms with Crippen molar-refractivity contribution in [2.45, 2.75) is 6.92 Å². The smallest absolute Gasteiger partial charge is 0.335 e. The third-order valence-electron chi connectivity index (χ3n) is 2.91. The molecule has 0 bridgehead atoms. The standard InChI is InChI=1S/C15H11NO3S/c1-9-13(12-6-3-7-19-12)16-14(20-9)10-4-2-5-11(8-10)15(17)18/h2-8H,1H3,(H,17,18). The van der Waals surface area contributed by atoms with Crippen molar-refractivity contribution in [3.63, 3.8) is 0 Å². The van der Waals surface area contributed by atoms with E-state index in [1.165, 1.54) is 11.3 Å². The first-order chi connectivity index (χ1) is 9.65. The van der Waals surface area contributed by atoms with Crippen molar-refractivity contribution < 1.29 is 14.3 Å². The minimum atomic E-state index is -0.939. The number of aromatic carboxylic acids is 1. The summed E-state index contributed by atoms with van der Waals surface area (Å²) in [5.41, 5.74) is 1.86. The summed E-state index contributed by atoms with van der Waals surface area (Å²) in [6, 6.07) is 10.5. The van der Waals surface area contributed by atoms with E-state index in [1.54, 1.807) is 24.5 Å². The molecular formula is C15H11NO3S. The van der Waals surface area contributed by atoms with Crippen molar-refractivity contribution in [1.29, 1.82) is 0 Å². The molecular weight excluding hydrogens is 274 g/mol. The number of carbonyl (C=O) groups is 1. The van der Waals surface area contributed by atoms with Crippen LogP contribution in [0.3, 0.4) is 0 Å². The van der Waals surface area contributed by atoms with Crippen LogP contribution < -0.4 is 0 Å². The van der Waals surface area contributed by atoms with E-state index in [2.05, 4.69) is 4.98 Å². The minimum Gasteiger partial charge on any atom is -0.478 e. The molecule has 0 saturated heterocycles. The summed E-state index contributed by atoms with van der Waals surface area (Å²) >= 11 is 1.52. The first-order valence-corrected chi connectivity index (χ1v) is 6.82. The Balaban J connectivity index is 2.05. The fourth-order valence-corrected chi connectivity index (χ4v) is 2.86. The normalized spacial score (nSPS) is 10.7. The van der Waals surface area contributed by atoms with Gasteiger partial charge < -0.3 is 9.52 Å². The molecule has 20 heavy (non-hydrogen) atoms. The Hall–Kier alpha value is -2.40. The predicted molar refractivity (Wildman–Crippen MR) is 76.9 cm³/mol. The molecule has 0 aliphatic heterocycles. The monoisotopic (exact) mass is 285 g/mol. The zero-order valence-electron chi connectivity index (χ0n) is 10.7. The lowest BCUT2D eigenvalue weighted by atomic mass is 10.1. The molecule has 5 heteroatoms. The largest absolute Gasteiger partial charge is 0.478 e. The highest BCUT2D eigenvalue weighted by atomic mass is 32.1. The molecule has 0 fully saturated rings. The highest BCUT2D eigenvalue weighted by molar-refractivity contribution is 7.15. The third kappa shape index (κ3) is 2.23. The summed E-state index contributed by atoms with van der Waals surface area (Å²) < 4.78 is 5.36. The minimum absolute atomic E-state index is 0.259. The molecule has 0 spiro atoms. The number of thiazole rings is 1. The maximum Gasteiger partial charge on any atom is 0.335 e. The van der Waals surface area contributed by atoms with Gasteiger partial charge in [-0.2, -0.15) is 0 Å². The van der Waals surface area contributed by atoms with Crippen LogP contribution in [-0.4, -0.2) is 16.1 Å². The number of benzene rings is 1. The van der Waals surface area contributed by atoms with Crippen molar-refractivity contribution >= 4 is 17.3 Å². The number of carboxylic acid groups (broad SMARTS) is 1. The van der Waals surface area contributed by atoms with E-state index in [-0.39, 0.29) is 5.56 Å². The maximum atomic E-state index is 11.0. The van der Waals surface area contributed by atoms with Crippen LogP contribution in [0.4, 0.5) is 0 Å². The van der Waals surface area contributed by atoms with Gasteiger partial charge in [0.2, 0.25) is 0 Å². The molecule has 4 nitrogen and oxygen atoms in total. The molecule has 0 radical (unpaired) electrons. The average molecular weight is 285 g/mol. The van der Waals surface area contributed by atoms with E-state index in [0.29, 0.717) is 0 Å². The van der Waals surface area contributed by atoms with Crippen LogP contribution in [-0.2, 0) is 0 Å². The lowest BCUT2D eigenvalue weighted by Gasteiger charge is -1.98. The fraction of sp³-hybridized carbons (Fsp3) is 0.0667. The van der Waals surface area contributed by atoms with Crippen LogP contribution in [0, 0.1) is 6.92 Å². The zero-order chi connectivity index (χ0) is 14.1. The second kappa shape index (κ2) is 4.94. The lowest BCUT2D eigenvalue weighted by molar-refractivity contribution is 0.0697. The van der Waals surface area contributed by atoms with E-state index >= 15 is 0 Å². The number of aromatic nitrogens is 1. The average Bonchev–Trinajstić information content (AvgIpc) is 3.07. The molecule has 0 unspecified atom stereocenters. The summed E-state index contributed by atoms with van der Waals surface area (Å²) in [5, 5.41) is 9.82. The zero-order valence-corrected chi connectivity index (χ0v) is 11.5. The molecule has 2 heterocycles. The van der Waals surface area contributed by atoms with Crippen molar-refractivity contribution in [3.8, 4) is 22.0 Å². The predicted octanol–water partition coefficient (Wildman–Crippen LogP) is 4.08. The number of hydrogen-bond donors (Lipinski definition) is 1. The molecule has 3 aromatic rings. The number of nitrogens with zero attached hydrogens (tertiary/aromatic N) is 1. The van der Waals surface area contributed by atoms with E-state index in [9.17, 15) is 4.79 Å². The molecule has 3 rings (SSSR count). The van der Waals surface area contributed by atoms with Crippen molar-refractivity contribution in [2.24, 2.45) is 0 Å². The van der Waals surface area contributed by atoms with Crippen LogP contribution in [0.2, 0.25) is 0 Å². The van der Waals surface area contributed by atoms with E-state index in [1.807, 2.05) is 25.1 Å². The maximum absolute atomic E-state index is 11.0. The van der Waals surface area contributed by atoms with Crippen molar-refractivity contribution in [1.82, 2.24) is 4.98 Å². The Bertz CT molecular complexity index is 759. The number of rotatable bonds is 3. The van der Waals surface area contributed by atoms with Crippen LogP contribution in [0.15, 0.2) is 47.1 Å². The Morgan fingerprint density at radius 3 is 2.85 bits per heavy atom. The number of carboxylic acids is 1. The van der Waals surface area contributed by atoms with Gasteiger partial charge in [0, 0.05) is 10.4 Å². The van der Waals surface area contributed by atoms with Gasteiger partial charge in [-0.1, -0.05) is 12.1 Å². The van der Waals surface area contributed by atoms with Crippen LogP contribution in [0.25, 0.3) is 22.0 Å². The summed E-state index contributed by atoms with van der Waals surface area (Å²) in [5.74, 6) is -0.217. The summed E-state index contributed by atoms with van der Waals surface area (Å²) in [4.78, 5) is 16.6. The molecule has 0 amide bonds. The summed E-state index contributed by atoms with van der Waals surface area (Å²) in [7, 11) is 0. The van der Waals surface area contributed by atoms with Crippen molar-refractivity contribution in [2.75, 3.05) is 0 Å². The van der Waals surface area contributed by atoms with E-state index in [0.717, 1.165) is 26.9 Å². The third-order valence-corrected chi connectivity index (χ3v) is 3.93. The Morgan fingerprint density at radius 2 is 2.15 bits per heavy atom. The lowest BCUT2D eigenvalue weighted by Crippen LogP contribution is -1.95. The van der Waals surface area contributed by atoms with Crippen LogP contribution in [0.5, 0.6) is 0 Å². The molecule has 100 valence electrons. The van der Waals surface area contributed by atoms with Crippen molar-refractivity contribution in [3.05, 3.63) is 53.1 Å². The molecule has 0 aliphatic rings. The van der Waals surface area contributed by atoms with Crippen LogP contribution >= 0.6 is 11.3 Å². The molecule has 0 atom stereocenters.